The van der Waals surface area contributed by atoms with Gasteiger partial charge in [0.2, 0.25) is 0 Å². The number of carboxylic acid groups (broad SMARTS) is 2. The van der Waals surface area contributed by atoms with Gasteiger partial charge in [-0.1, -0.05) is 37.8 Å². The fraction of sp³-hybridized carbons (Fsp3) is 0.692. The van der Waals surface area contributed by atoms with Gasteiger partial charge in [0, 0.05) is 0 Å². The molecule has 0 aliphatic carbocycles. The quantitative estimate of drug-likeness (QED) is 0.328. The highest BCUT2D eigenvalue weighted by atomic mass is 16.4. The Labute approximate surface area is 183 Å². The van der Waals surface area contributed by atoms with Crippen LogP contribution in [0.5, 0.6) is 0 Å². The molecule has 1 aromatic carbocycles. The minimum atomic E-state index is -0.715. The standard InChI is InChI=1S/C26H42O4/c1-19-17-21(13-9-7-11-15-25(3,4)23(27)28)18-22(20(19)2)14-10-8-12-16-26(5,6)24(29)30/h17-18H,7-16H2,1-6H3,(H,27,28)(H,29,30). The highest BCUT2D eigenvalue weighted by molar-refractivity contribution is 5.73. The van der Waals surface area contributed by atoms with Crippen LogP contribution in [0, 0.1) is 24.7 Å². The molecule has 0 saturated heterocycles. The summed E-state index contributed by atoms with van der Waals surface area (Å²) in [5.41, 5.74) is 4.22. The van der Waals surface area contributed by atoms with E-state index < -0.39 is 22.8 Å². The Balaban J connectivity index is 2.48. The number of carbonyl (C=O) groups is 2. The van der Waals surface area contributed by atoms with Crippen molar-refractivity contribution >= 4 is 11.9 Å². The second kappa shape index (κ2) is 11.5. The molecule has 1 aromatic rings. The molecule has 0 atom stereocenters. The minimum Gasteiger partial charge on any atom is -0.481 e. The fourth-order valence-corrected chi connectivity index (χ4v) is 3.76. The third kappa shape index (κ3) is 8.49. The van der Waals surface area contributed by atoms with Gasteiger partial charge in [0.05, 0.1) is 10.8 Å². The zero-order chi connectivity index (χ0) is 22.9. The van der Waals surface area contributed by atoms with Gasteiger partial charge in [-0.05, 0) is 102 Å². The molecule has 0 amide bonds. The van der Waals surface area contributed by atoms with Gasteiger partial charge in [-0.2, -0.15) is 0 Å². The van der Waals surface area contributed by atoms with Gasteiger partial charge >= 0.3 is 11.9 Å². The van der Waals surface area contributed by atoms with Gasteiger partial charge in [-0.3, -0.25) is 9.59 Å². The number of benzene rings is 1. The topological polar surface area (TPSA) is 74.6 Å². The molecule has 0 aromatic heterocycles. The van der Waals surface area contributed by atoms with Crippen molar-refractivity contribution in [3.63, 3.8) is 0 Å². The van der Waals surface area contributed by atoms with Crippen LogP contribution in [0.15, 0.2) is 12.1 Å². The van der Waals surface area contributed by atoms with Crippen LogP contribution in [0.4, 0.5) is 0 Å². The van der Waals surface area contributed by atoms with Crippen LogP contribution in [0.25, 0.3) is 0 Å². The molecule has 0 unspecified atom stereocenters. The first kappa shape index (κ1) is 26.2. The molecular formula is C26H42O4. The van der Waals surface area contributed by atoms with Crippen LogP contribution >= 0.6 is 0 Å². The number of hydrogen-bond acceptors (Lipinski definition) is 2. The maximum Gasteiger partial charge on any atom is 0.309 e. The maximum absolute atomic E-state index is 11.2. The van der Waals surface area contributed by atoms with Crippen molar-refractivity contribution in [2.24, 2.45) is 10.8 Å². The molecule has 0 bridgehead atoms. The Kier molecular flexibility index (Phi) is 10.1. The molecule has 0 aliphatic heterocycles. The third-order valence-corrected chi connectivity index (χ3v) is 6.51. The molecule has 0 saturated carbocycles. The Bertz CT molecular complexity index is 716. The predicted molar refractivity (Wildman–Crippen MR) is 123 cm³/mol. The molecule has 170 valence electrons. The van der Waals surface area contributed by atoms with Crippen molar-refractivity contribution in [3.05, 3.63) is 34.4 Å². The van der Waals surface area contributed by atoms with Gasteiger partial charge in [0.15, 0.2) is 0 Å². The van der Waals surface area contributed by atoms with Crippen LogP contribution in [-0.4, -0.2) is 22.2 Å². The highest BCUT2D eigenvalue weighted by Gasteiger charge is 2.26. The summed E-state index contributed by atoms with van der Waals surface area (Å²) in [6.45, 7) is 11.6. The lowest BCUT2D eigenvalue weighted by molar-refractivity contribution is -0.148. The first-order valence-corrected chi connectivity index (χ1v) is 11.4. The van der Waals surface area contributed by atoms with Crippen molar-refractivity contribution in [1.82, 2.24) is 0 Å². The Morgan fingerprint density at radius 3 is 1.67 bits per heavy atom. The zero-order valence-electron chi connectivity index (χ0n) is 19.9. The molecular weight excluding hydrogens is 376 g/mol. The molecule has 30 heavy (non-hydrogen) atoms. The third-order valence-electron chi connectivity index (χ3n) is 6.51. The SMILES string of the molecule is Cc1cc(CCCCCC(C)(C)C(=O)O)cc(CCCCCC(C)(C)C(=O)O)c1C. The average Bonchev–Trinajstić information content (AvgIpc) is 2.64. The first-order valence-electron chi connectivity index (χ1n) is 11.4. The lowest BCUT2D eigenvalue weighted by Gasteiger charge is -2.19. The molecule has 0 heterocycles. The van der Waals surface area contributed by atoms with Crippen LogP contribution in [0.1, 0.15) is 101 Å². The summed E-state index contributed by atoms with van der Waals surface area (Å²) >= 11 is 0. The van der Waals surface area contributed by atoms with Gasteiger partial charge in [0.1, 0.15) is 0 Å². The second-order valence-corrected chi connectivity index (χ2v) is 10.2. The van der Waals surface area contributed by atoms with Crippen molar-refractivity contribution in [2.75, 3.05) is 0 Å². The molecule has 1 rings (SSSR count). The molecule has 4 heteroatoms. The number of carboxylic acids is 2. The average molecular weight is 419 g/mol. The lowest BCUT2D eigenvalue weighted by Crippen LogP contribution is -2.23. The van der Waals surface area contributed by atoms with Crippen molar-refractivity contribution < 1.29 is 19.8 Å². The summed E-state index contributed by atoms with van der Waals surface area (Å²) in [4.78, 5) is 22.4. The van der Waals surface area contributed by atoms with E-state index in [0.29, 0.717) is 0 Å². The summed E-state index contributed by atoms with van der Waals surface area (Å²) in [5.74, 6) is -1.43. The minimum absolute atomic E-state index is 0.632. The van der Waals surface area contributed by atoms with Crippen molar-refractivity contribution in [3.8, 4) is 0 Å². The monoisotopic (exact) mass is 418 g/mol. The fourth-order valence-electron chi connectivity index (χ4n) is 3.76. The van der Waals surface area contributed by atoms with E-state index in [1.807, 2.05) is 0 Å². The van der Waals surface area contributed by atoms with E-state index in [1.54, 1.807) is 27.7 Å². The van der Waals surface area contributed by atoms with Crippen LogP contribution in [0.3, 0.4) is 0 Å². The van der Waals surface area contributed by atoms with E-state index in [-0.39, 0.29) is 0 Å². The molecule has 0 aliphatic rings. The first-order chi connectivity index (χ1) is 13.9. The normalized spacial score (nSPS) is 12.2. The predicted octanol–water partition coefficient (Wildman–Crippen LogP) is 6.73. The summed E-state index contributed by atoms with van der Waals surface area (Å²) in [6.07, 6.45) is 9.70. The highest BCUT2D eigenvalue weighted by Crippen LogP contribution is 2.26. The summed E-state index contributed by atoms with van der Waals surface area (Å²) in [6, 6.07) is 4.63. The maximum atomic E-state index is 11.2. The largest absolute Gasteiger partial charge is 0.481 e. The summed E-state index contributed by atoms with van der Waals surface area (Å²) in [5, 5.41) is 18.4. The Hall–Kier alpha value is -1.84. The second-order valence-electron chi connectivity index (χ2n) is 10.2. The van der Waals surface area contributed by atoms with E-state index in [1.165, 1.54) is 22.3 Å². The number of aryl methyl sites for hydroxylation is 3. The van der Waals surface area contributed by atoms with E-state index in [0.717, 1.165) is 64.2 Å². The van der Waals surface area contributed by atoms with Gasteiger partial charge < -0.3 is 10.2 Å². The molecule has 2 N–H and O–H groups in total. The van der Waals surface area contributed by atoms with Crippen LogP contribution in [0.2, 0.25) is 0 Å². The molecule has 4 nitrogen and oxygen atoms in total. The Morgan fingerprint density at radius 2 is 1.20 bits per heavy atom. The summed E-state index contributed by atoms with van der Waals surface area (Å²) in [7, 11) is 0. The van der Waals surface area contributed by atoms with Crippen molar-refractivity contribution in [1.29, 1.82) is 0 Å². The van der Waals surface area contributed by atoms with E-state index in [4.69, 9.17) is 0 Å². The van der Waals surface area contributed by atoms with Crippen LogP contribution < -0.4 is 0 Å². The van der Waals surface area contributed by atoms with E-state index in [2.05, 4.69) is 26.0 Å². The van der Waals surface area contributed by atoms with Gasteiger partial charge in [-0.25, -0.2) is 0 Å². The van der Waals surface area contributed by atoms with E-state index in [9.17, 15) is 19.8 Å². The van der Waals surface area contributed by atoms with Gasteiger partial charge in [0.25, 0.3) is 0 Å². The molecule has 0 radical (unpaired) electrons. The Morgan fingerprint density at radius 1 is 0.733 bits per heavy atom. The molecule has 0 spiro atoms. The van der Waals surface area contributed by atoms with Gasteiger partial charge in [-0.15, -0.1) is 0 Å². The number of hydrogen-bond donors (Lipinski definition) is 2. The van der Waals surface area contributed by atoms with E-state index >= 15 is 0 Å². The smallest absolute Gasteiger partial charge is 0.309 e. The van der Waals surface area contributed by atoms with Crippen LogP contribution in [-0.2, 0) is 22.4 Å². The zero-order valence-corrected chi connectivity index (χ0v) is 19.9. The molecule has 0 fully saturated rings. The number of rotatable bonds is 14. The lowest BCUT2D eigenvalue weighted by atomic mass is 9.86. The number of aliphatic carboxylic acids is 2. The summed E-state index contributed by atoms with van der Waals surface area (Å²) < 4.78 is 0. The van der Waals surface area contributed by atoms with Crippen molar-refractivity contribution in [2.45, 2.75) is 106 Å². The number of unbranched alkanes of at least 4 members (excludes halogenated alkanes) is 4.